The van der Waals surface area contributed by atoms with Crippen molar-refractivity contribution in [2.75, 3.05) is 59.0 Å². The van der Waals surface area contributed by atoms with Gasteiger partial charge in [0.15, 0.2) is 11.5 Å². The van der Waals surface area contributed by atoms with E-state index in [2.05, 4.69) is 32.9 Å². The molecule has 248 valence electrons. The van der Waals surface area contributed by atoms with Gasteiger partial charge in [0.25, 0.3) is 0 Å². The molecule has 1 atom stereocenters. The number of rotatable bonds is 13. The van der Waals surface area contributed by atoms with Gasteiger partial charge in [-0.3, -0.25) is 4.79 Å². The fraction of sp³-hybridized carbons (Fsp3) is 0.658. The predicted molar refractivity (Wildman–Crippen MR) is 182 cm³/mol. The number of hydrogen-bond donors (Lipinski definition) is 0. The number of likely N-dealkylation sites (tertiary alicyclic amines) is 3. The molecule has 3 heterocycles. The zero-order valence-electron chi connectivity index (χ0n) is 28.4. The molecule has 7 nitrogen and oxygen atoms in total. The van der Waals surface area contributed by atoms with Gasteiger partial charge in [-0.05, 0) is 141 Å². The lowest BCUT2D eigenvalue weighted by molar-refractivity contribution is -0.132. The number of carbonyl (C=O) groups is 1. The molecule has 1 amide bonds. The molecule has 3 aliphatic rings. The Morgan fingerprint density at radius 1 is 0.889 bits per heavy atom. The molecule has 2 aromatic rings. The number of amides is 1. The number of piperidine rings is 3. The first-order chi connectivity index (χ1) is 21.9. The van der Waals surface area contributed by atoms with E-state index in [1.54, 1.807) is 0 Å². The van der Waals surface area contributed by atoms with Gasteiger partial charge in [-0.2, -0.15) is 0 Å². The Hall–Kier alpha value is -2.77. The number of ether oxygens (including phenoxy) is 3. The second-order valence-electron chi connectivity index (χ2n) is 13.6. The summed E-state index contributed by atoms with van der Waals surface area (Å²) in [5, 5.41) is 0. The molecule has 5 rings (SSSR count). The second-order valence-corrected chi connectivity index (χ2v) is 13.6. The molecular formula is C38H57N3O4. The summed E-state index contributed by atoms with van der Waals surface area (Å²) < 4.78 is 17.9. The van der Waals surface area contributed by atoms with Crippen LogP contribution in [0.2, 0.25) is 0 Å². The summed E-state index contributed by atoms with van der Waals surface area (Å²) >= 11 is 0. The lowest BCUT2D eigenvalue weighted by atomic mass is 9.71. The molecule has 3 fully saturated rings. The van der Waals surface area contributed by atoms with Crippen molar-refractivity contribution in [1.82, 2.24) is 14.7 Å². The summed E-state index contributed by atoms with van der Waals surface area (Å²) in [5.41, 5.74) is 2.14. The van der Waals surface area contributed by atoms with Crippen molar-refractivity contribution >= 4 is 5.91 Å². The highest BCUT2D eigenvalue weighted by atomic mass is 16.5. The minimum absolute atomic E-state index is 0.102. The highest BCUT2D eigenvalue weighted by molar-refractivity contribution is 5.79. The third-order valence-corrected chi connectivity index (χ3v) is 10.1. The van der Waals surface area contributed by atoms with Crippen LogP contribution < -0.4 is 14.2 Å². The molecule has 2 aromatic carbocycles. The van der Waals surface area contributed by atoms with Crippen LogP contribution in [0.3, 0.4) is 0 Å². The van der Waals surface area contributed by atoms with E-state index in [4.69, 9.17) is 14.2 Å². The topological polar surface area (TPSA) is 54.5 Å². The normalized spacial score (nSPS) is 22.0. The highest BCUT2D eigenvalue weighted by Gasteiger charge is 2.40. The van der Waals surface area contributed by atoms with Crippen LogP contribution in [-0.2, 0) is 16.6 Å². The summed E-state index contributed by atoms with van der Waals surface area (Å²) in [5.74, 6) is 2.62. The van der Waals surface area contributed by atoms with Crippen LogP contribution in [0.4, 0.5) is 0 Å². The molecule has 45 heavy (non-hydrogen) atoms. The number of benzene rings is 2. The Kier molecular flexibility index (Phi) is 12.1. The van der Waals surface area contributed by atoms with Crippen molar-refractivity contribution in [1.29, 1.82) is 0 Å². The molecule has 1 unspecified atom stereocenters. The SMILES string of the molecule is CCOc1ccc(C2(CCN3CCC(N4CCCCC4)CC3)CCCN(C(=O)Cc3cccc(OC(C)C)c3)C2)cc1OCC. The fourth-order valence-corrected chi connectivity index (χ4v) is 7.76. The molecule has 0 N–H and O–H groups in total. The van der Waals surface area contributed by atoms with Crippen LogP contribution in [0, 0.1) is 0 Å². The minimum atomic E-state index is -0.128. The monoisotopic (exact) mass is 619 g/mol. The van der Waals surface area contributed by atoms with Gasteiger partial charge in [0.05, 0.1) is 25.7 Å². The molecule has 0 aliphatic carbocycles. The maximum absolute atomic E-state index is 13.8. The van der Waals surface area contributed by atoms with E-state index in [-0.39, 0.29) is 17.4 Å². The average Bonchev–Trinajstić information content (AvgIpc) is 3.05. The van der Waals surface area contributed by atoms with Gasteiger partial charge in [-0.25, -0.2) is 0 Å². The van der Waals surface area contributed by atoms with Crippen molar-refractivity contribution in [3.05, 3.63) is 53.6 Å². The van der Waals surface area contributed by atoms with E-state index in [1.807, 2.05) is 52.0 Å². The lowest BCUT2D eigenvalue weighted by Crippen LogP contribution is -2.51. The third-order valence-electron chi connectivity index (χ3n) is 10.1. The third kappa shape index (κ3) is 8.94. The summed E-state index contributed by atoms with van der Waals surface area (Å²) in [6, 6.07) is 15.3. The van der Waals surface area contributed by atoms with E-state index in [9.17, 15) is 4.79 Å². The van der Waals surface area contributed by atoms with Gasteiger partial charge in [-0.15, -0.1) is 0 Å². The summed E-state index contributed by atoms with van der Waals surface area (Å²) in [6.45, 7) is 16.8. The molecule has 0 spiro atoms. The van der Waals surface area contributed by atoms with E-state index < -0.39 is 0 Å². The summed E-state index contributed by atoms with van der Waals surface area (Å²) in [7, 11) is 0. The predicted octanol–water partition coefficient (Wildman–Crippen LogP) is 6.71. The maximum Gasteiger partial charge on any atom is 0.227 e. The van der Waals surface area contributed by atoms with Crippen molar-refractivity contribution in [2.24, 2.45) is 0 Å². The summed E-state index contributed by atoms with van der Waals surface area (Å²) in [4.78, 5) is 21.4. The maximum atomic E-state index is 13.8. The number of carbonyl (C=O) groups excluding carboxylic acids is 1. The van der Waals surface area contributed by atoms with E-state index in [0.29, 0.717) is 19.6 Å². The zero-order chi connectivity index (χ0) is 31.6. The van der Waals surface area contributed by atoms with Gasteiger partial charge in [0.2, 0.25) is 5.91 Å². The largest absolute Gasteiger partial charge is 0.491 e. The minimum Gasteiger partial charge on any atom is -0.491 e. The fourth-order valence-electron chi connectivity index (χ4n) is 7.76. The molecule has 0 saturated carbocycles. The lowest BCUT2D eigenvalue weighted by Gasteiger charge is -2.45. The van der Waals surface area contributed by atoms with E-state index >= 15 is 0 Å². The molecule has 0 bridgehead atoms. The van der Waals surface area contributed by atoms with Gasteiger partial charge in [0.1, 0.15) is 5.75 Å². The molecule has 0 aromatic heterocycles. The van der Waals surface area contributed by atoms with Gasteiger partial charge >= 0.3 is 0 Å². The van der Waals surface area contributed by atoms with Crippen LogP contribution in [0.5, 0.6) is 17.2 Å². The van der Waals surface area contributed by atoms with Gasteiger partial charge in [-0.1, -0.05) is 24.6 Å². The Bertz CT molecular complexity index is 1220. The summed E-state index contributed by atoms with van der Waals surface area (Å²) in [6.07, 6.45) is 10.3. The first-order valence-electron chi connectivity index (χ1n) is 17.8. The number of nitrogens with zero attached hydrogens (tertiary/aromatic N) is 3. The standard InChI is InChI=1S/C38H57N3O4/c1-5-43-35-15-14-32(28-36(35)44-6-2)38(19-25-39-23-16-33(17-24-39)40-20-8-7-9-21-40)18-11-22-41(29-38)37(42)27-31-12-10-13-34(26-31)45-30(3)4/h10,12-15,26,28,30,33H,5-9,11,16-25,27,29H2,1-4H3. The molecular weight excluding hydrogens is 562 g/mol. The molecule has 0 radical (unpaired) electrons. The number of hydrogen-bond acceptors (Lipinski definition) is 6. The van der Waals surface area contributed by atoms with Gasteiger partial charge in [0, 0.05) is 24.5 Å². The van der Waals surface area contributed by atoms with Crippen molar-refractivity contribution in [3.8, 4) is 17.2 Å². The van der Waals surface area contributed by atoms with E-state index in [0.717, 1.165) is 67.8 Å². The highest BCUT2D eigenvalue weighted by Crippen LogP contribution is 2.42. The Balaban J connectivity index is 1.32. The van der Waals surface area contributed by atoms with Crippen molar-refractivity contribution in [3.63, 3.8) is 0 Å². The Morgan fingerprint density at radius 3 is 2.38 bits per heavy atom. The van der Waals surface area contributed by atoms with Crippen LogP contribution in [-0.4, -0.2) is 91.8 Å². The molecule has 3 saturated heterocycles. The average molecular weight is 620 g/mol. The van der Waals surface area contributed by atoms with Crippen LogP contribution in [0.25, 0.3) is 0 Å². The van der Waals surface area contributed by atoms with Gasteiger partial charge < -0.3 is 28.9 Å². The smallest absolute Gasteiger partial charge is 0.227 e. The quantitative estimate of drug-likeness (QED) is 0.248. The van der Waals surface area contributed by atoms with E-state index in [1.165, 1.54) is 63.8 Å². The second kappa shape index (κ2) is 16.2. The van der Waals surface area contributed by atoms with Crippen LogP contribution in [0.1, 0.15) is 90.2 Å². The van der Waals surface area contributed by atoms with Crippen LogP contribution in [0.15, 0.2) is 42.5 Å². The zero-order valence-corrected chi connectivity index (χ0v) is 28.4. The van der Waals surface area contributed by atoms with Crippen molar-refractivity contribution < 1.29 is 19.0 Å². The molecule has 7 heteroatoms. The molecule has 3 aliphatic heterocycles. The first kappa shape index (κ1) is 33.6. The Morgan fingerprint density at radius 2 is 1.64 bits per heavy atom. The Labute approximate surface area is 272 Å². The van der Waals surface area contributed by atoms with Crippen molar-refractivity contribution in [2.45, 2.75) is 103 Å². The first-order valence-corrected chi connectivity index (χ1v) is 17.8. The van der Waals surface area contributed by atoms with Crippen LogP contribution >= 0.6 is 0 Å².